The van der Waals surface area contributed by atoms with Crippen molar-refractivity contribution in [3.63, 3.8) is 0 Å². The molecule has 0 N–H and O–H groups in total. The summed E-state index contributed by atoms with van der Waals surface area (Å²) in [5, 5.41) is 0. The van der Waals surface area contributed by atoms with E-state index in [0.717, 1.165) is 0 Å². The maximum Gasteiger partial charge on any atom is 0.0303 e. The van der Waals surface area contributed by atoms with Crippen molar-refractivity contribution in [3.8, 4) is 0 Å². The molecule has 2 rings (SSSR count). The van der Waals surface area contributed by atoms with Gasteiger partial charge in [-0.3, -0.25) is 0 Å². The molecule has 0 fully saturated rings. The molecular formula is C20H28S8. The average Bonchev–Trinajstić information content (AvgIpc) is 2.75. The standard InChI is InChI=1S/C20H28S8/c21-4-12-1-2-20(11-28,18(10-27)16(12)8-25)19-14(6-23)3-13(5-22)15(7-24)17(19)9-26/h1-3,18,21-28H,4-11H2. The Morgan fingerprint density at radius 2 is 1.36 bits per heavy atom. The highest BCUT2D eigenvalue weighted by atomic mass is 32.1. The molecule has 1 aromatic carbocycles. The van der Waals surface area contributed by atoms with Gasteiger partial charge in [-0.25, -0.2) is 0 Å². The van der Waals surface area contributed by atoms with Crippen molar-refractivity contribution in [3.05, 3.63) is 57.2 Å². The first-order chi connectivity index (χ1) is 13.5. The van der Waals surface area contributed by atoms with E-state index in [9.17, 15) is 0 Å². The lowest BCUT2D eigenvalue weighted by Crippen LogP contribution is -2.42. The van der Waals surface area contributed by atoms with Crippen LogP contribution < -0.4 is 0 Å². The molecule has 8 heteroatoms. The van der Waals surface area contributed by atoms with Crippen LogP contribution in [0.5, 0.6) is 0 Å². The maximum absolute atomic E-state index is 4.86. The molecule has 0 saturated heterocycles. The van der Waals surface area contributed by atoms with Gasteiger partial charge in [0.25, 0.3) is 0 Å². The Balaban J connectivity index is 2.90. The molecule has 0 nitrogen and oxygen atoms in total. The number of thiol groups is 8. The number of hydrogen-bond acceptors (Lipinski definition) is 8. The third-order valence-electron chi connectivity index (χ3n) is 5.67. The van der Waals surface area contributed by atoms with Gasteiger partial charge in [0.15, 0.2) is 0 Å². The summed E-state index contributed by atoms with van der Waals surface area (Å²) < 4.78 is 0. The Kier molecular flexibility index (Phi) is 11.0. The van der Waals surface area contributed by atoms with Crippen LogP contribution in [0.3, 0.4) is 0 Å². The van der Waals surface area contributed by atoms with Crippen LogP contribution in [-0.4, -0.2) is 23.0 Å². The molecule has 0 saturated carbocycles. The molecule has 156 valence electrons. The van der Waals surface area contributed by atoms with E-state index in [2.05, 4.69) is 81.4 Å². The molecular weight excluding hydrogens is 497 g/mol. The van der Waals surface area contributed by atoms with Crippen LogP contribution in [-0.2, 0) is 28.4 Å². The quantitative estimate of drug-likeness (QED) is 0.183. The number of allylic oxidation sites excluding steroid dienone is 2. The fourth-order valence-corrected chi connectivity index (χ4v) is 7.31. The predicted octanol–water partition coefficient (Wildman–Crippen LogP) is 5.85. The smallest absolute Gasteiger partial charge is 0.0303 e. The van der Waals surface area contributed by atoms with E-state index in [1.54, 1.807) is 0 Å². The molecule has 28 heavy (non-hydrogen) atoms. The van der Waals surface area contributed by atoms with Gasteiger partial charge in [0.05, 0.1) is 0 Å². The molecule has 0 heterocycles. The van der Waals surface area contributed by atoms with E-state index in [4.69, 9.17) is 37.9 Å². The Morgan fingerprint density at radius 3 is 1.79 bits per heavy atom. The number of hydrogen-bond donors (Lipinski definition) is 8. The van der Waals surface area contributed by atoms with E-state index in [-0.39, 0.29) is 11.3 Å². The summed E-state index contributed by atoms with van der Waals surface area (Å²) in [5.41, 5.74) is 8.37. The summed E-state index contributed by atoms with van der Waals surface area (Å²) in [5.74, 6) is 5.54. The lowest BCUT2D eigenvalue weighted by Gasteiger charge is -2.44. The lowest BCUT2D eigenvalue weighted by atomic mass is 9.63. The fraction of sp³-hybridized carbons (Fsp3) is 0.500. The van der Waals surface area contributed by atoms with Crippen LogP contribution in [0.1, 0.15) is 27.8 Å². The van der Waals surface area contributed by atoms with Gasteiger partial charge < -0.3 is 0 Å². The van der Waals surface area contributed by atoms with Gasteiger partial charge in [-0.05, 0) is 39.1 Å². The molecule has 0 aromatic heterocycles. The van der Waals surface area contributed by atoms with Gasteiger partial charge in [-0.1, -0.05) is 23.8 Å². The fourth-order valence-electron chi connectivity index (χ4n) is 4.27. The van der Waals surface area contributed by atoms with Gasteiger partial charge in [-0.15, -0.1) is 0 Å². The van der Waals surface area contributed by atoms with Crippen molar-refractivity contribution in [2.24, 2.45) is 5.92 Å². The Hall–Kier alpha value is 1.50. The third-order valence-corrected chi connectivity index (χ3v) is 8.55. The van der Waals surface area contributed by atoms with Crippen LogP contribution in [0.15, 0.2) is 29.4 Å². The van der Waals surface area contributed by atoms with Gasteiger partial charge in [0.2, 0.25) is 0 Å². The molecule has 2 unspecified atom stereocenters. The first-order valence-electron chi connectivity index (χ1n) is 8.98. The second kappa shape index (κ2) is 11.9. The topological polar surface area (TPSA) is 0 Å². The van der Waals surface area contributed by atoms with Gasteiger partial charge in [-0.2, -0.15) is 101 Å². The van der Waals surface area contributed by atoms with Gasteiger partial charge >= 0.3 is 0 Å². The minimum Gasteiger partial charge on any atom is -0.179 e. The molecule has 0 radical (unpaired) electrons. The van der Waals surface area contributed by atoms with Crippen molar-refractivity contribution in [1.82, 2.24) is 0 Å². The van der Waals surface area contributed by atoms with Crippen LogP contribution >= 0.6 is 101 Å². The first-order valence-corrected chi connectivity index (χ1v) is 14.0. The highest BCUT2D eigenvalue weighted by Crippen LogP contribution is 2.48. The number of benzene rings is 1. The van der Waals surface area contributed by atoms with E-state index < -0.39 is 0 Å². The monoisotopic (exact) mass is 524 g/mol. The Bertz CT molecular complexity index is 755. The highest BCUT2D eigenvalue weighted by Gasteiger charge is 2.43. The molecule has 0 spiro atoms. The highest BCUT2D eigenvalue weighted by molar-refractivity contribution is 7.81. The number of rotatable bonds is 9. The summed E-state index contributed by atoms with van der Waals surface area (Å²) in [4.78, 5) is 0. The SMILES string of the molecule is SCC1=C(CS)C(CS)C(CS)(c2c(CS)cc(CS)c(CS)c2CS)C=C1. The van der Waals surface area contributed by atoms with E-state index in [1.807, 2.05) is 0 Å². The zero-order valence-corrected chi connectivity index (χ0v) is 22.7. The van der Waals surface area contributed by atoms with E-state index >= 15 is 0 Å². The average molecular weight is 525 g/mol. The second-order valence-electron chi connectivity index (χ2n) is 6.79. The van der Waals surface area contributed by atoms with Crippen LogP contribution in [0.2, 0.25) is 0 Å². The minimum absolute atomic E-state index is 0.185. The summed E-state index contributed by atoms with van der Waals surface area (Å²) in [6.45, 7) is 0. The zero-order chi connectivity index (χ0) is 20.9. The predicted molar refractivity (Wildman–Crippen MR) is 154 cm³/mol. The van der Waals surface area contributed by atoms with Gasteiger partial charge in [0.1, 0.15) is 0 Å². The maximum atomic E-state index is 4.86. The van der Waals surface area contributed by atoms with Crippen molar-refractivity contribution in [2.75, 3.05) is 23.0 Å². The third kappa shape index (κ3) is 4.64. The molecule has 2 atom stereocenters. The summed E-state index contributed by atoms with van der Waals surface area (Å²) in [7, 11) is 0. The Labute approximate surface area is 213 Å². The molecule has 1 aromatic rings. The van der Waals surface area contributed by atoms with Crippen LogP contribution in [0, 0.1) is 5.92 Å². The summed E-state index contributed by atoms with van der Waals surface area (Å²) in [6.07, 6.45) is 4.50. The molecule has 1 aliphatic carbocycles. The van der Waals surface area contributed by atoms with Crippen molar-refractivity contribution < 1.29 is 0 Å². The molecule has 1 aliphatic rings. The van der Waals surface area contributed by atoms with E-state index in [1.165, 1.54) is 39.0 Å². The van der Waals surface area contributed by atoms with Crippen molar-refractivity contribution >= 4 is 101 Å². The normalized spacial score (nSPS) is 22.2. The van der Waals surface area contributed by atoms with Crippen molar-refractivity contribution in [2.45, 2.75) is 28.4 Å². The molecule has 0 aliphatic heterocycles. The lowest BCUT2D eigenvalue weighted by molar-refractivity contribution is 0.445. The first kappa shape index (κ1) is 25.8. The second-order valence-corrected chi connectivity index (χ2v) is 9.37. The molecule has 0 bridgehead atoms. The zero-order valence-electron chi connectivity index (χ0n) is 15.5. The van der Waals surface area contributed by atoms with Crippen molar-refractivity contribution in [1.29, 1.82) is 0 Å². The van der Waals surface area contributed by atoms with E-state index in [0.29, 0.717) is 46.0 Å². The van der Waals surface area contributed by atoms with Gasteiger partial charge in [0, 0.05) is 51.6 Å². The summed E-state index contributed by atoms with van der Waals surface area (Å²) in [6, 6.07) is 2.24. The Morgan fingerprint density at radius 1 is 0.714 bits per heavy atom. The largest absolute Gasteiger partial charge is 0.179 e. The minimum atomic E-state index is -0.293. The molecule has 0 amide bonds. The summed E-state index contributed by atoms with van der Waals surface area (Å²) >= 11 is 37.4. The van der Waals surface area contributed by atoms with Crippen LogP contribution in [0.25, 0.3) is 0 Å². The van der Waals surface area contributed by atoms with Crippen LogP contribution in [0.4, 0.5) is 0 Å².